The third-order valence-electron chi connectivity index (χ3n) is 10.3. The fourth-order valence-corrected chi connectivity index (χ4v) is 7.93. The Kier molecular flexibility index (Phi) is 5.92. The molecule has 11 aromatic rings. The number of hydrogen-bond acceptors (Lipinski definition) is 4. The van der Waals surface area contributed by atoms with Crippen LogP contribution < -0.4 is 0 Å². The van der Waals surface area contributed by atoms with Crippen LogP contribution in [0.15, 0.2) is 168 Å². The number of fused-ring (bicyclic) bond motifs is 13. The molecule has 0 saturated heterocycles. The van der Waals surface area contributed by atoms with Crippen LogP contribution in [0.4, 0.5) is 0 Å². The minimum Gasteiger partial charge on any atom is -0.455 e. The molecule has 0 radical (unpaired) electrons. The molecule has 0 N–H and O–H groups in total. The van der Waals surface area contributed by atoms with Crippen LogP contribution in [0.5, 0.6) is 0 Å². The number of aromatic nitrogens is 3. The lowest BCUT2D eigenvalue weighted by Gasteiger charge is -2.13. The summed E-state index contributed by atoms with van der Waals surface area (Å²) >= 11 is 0. The van der Waals surface area contributed by atoms with Crippen LogP contribution >= 0.6 is 0 Å². The highest BCUT2D eigenvalue weighted by Crippen LogP contribution is 2.42. The summed E-state index contributed by atoms with van der Waals surface area (Å²) in [6.07, 6.45) is 3.69. The lowest BCUT2D eigenvalue weighted by molar-refractivity contribution is 0.673. The molecule has 0 bridgehead atoms. The Morgan fingerprint density at radius 2 is 1.04 bits per heavy atom. The minimum atomic E-state index is 0.822. The summed E-state index contributed by atoms with van der Waals surface area (Å²) in [6, 6.07) is 53.5. The topological polar surface area (TPSA) is 51.8 Å². The molecule has 0 aliphatic carbocycles. The highest BCUT2D eigenvalue weighted by molar-refractivity contribution is 6.26. The fourth-order valence-electron chi connectivity index (χ4n) is 7.93. The van der Waals surface area contributed by atoms with Crippen molar-refractivity contribution in [1.29, 1.82) is 0 Å². The third-order valence-corrected chi connectivity index (χ3v) is 10.3. The molecule has 11 rings (SSSR count). The van der Waals surface area contributed by atoms with Crippen molar-refractivity contribution in [3.8, 4) is 33.6 Å². The Labute approximate surface area is 292 Å². The maximum atomic E-state index is 6.66. The molecule has 7 aromatic carbocycles. The standard InChI is InChI=1S/C47H27N3O/c1-2-11-34-32(9-1)33-10-3-4-12-35(33)40-26-30(19-20-36(34)40)41-23-24-42-46(49-41)44-39(22-21-38-37-13-5-6-14-43(37)51-47(38)44)45(50-42)29-17-15-28(16-18-29)31-8-7-25-48-27-31/h1-27H. The van der Waals surface area contributed by atoms with Gasteiger partial charge >= 0.3 is 0 Å². The van der Waals surface area contributed by atoms with Crippen molar-refractivity contribution in [2.24, 2.45) is 0 Å². The average Bonchev–Trinajstić information content (AvgIpc) is 3.59. The zero-order valence-corrected chi connectivity index (χ0v) is 27.3. The molecular weight excluding hydrogens is 623 g/mol. The predicted molar refractivity (Wildman–Crippen MR) is 211 cm³/mol. The van der Waals surface area contributed by atoms with Gasteiger partial charge in [0.1, 0.15) is 16.7 Å². The number of furan rings is 1. The molecule has 236 valence electrons. The van der Waals surface area contributed by atoms with E-state index in [-0.39, 0.29) is 0 Å². The fraction of sp³-hybridized carbons (Fsp3) is 0. The monoisotopic (exact) mass is 649 g/mol. The van der Waals surface area contributed by atoms with E-state index in [4.69, 9.17) is 14.4 Å². The quantitative estimate of drug-likeness (QED) is 0.179. The first-order chi connectivity index (χ1) is 25.3. The van der Waals surface area contributed by atoms with Gasteiger partial charge in [0.15, 0.2) is 0 Å². The lowest BCUT2D eigenvalue weighted by Crippen LogP contribution is -1.94. The molecule has 4 nitrogen and oxygen atoms in total. The van der Waals surface area contributed by atoms with Crippen molar-refractivity contribution in [2.75, 3.05) is 0 Å². The summed E-state index contributed by atoms with van der Waals surface area (Å²) in [5, 5.41) is 11.6. The van der Waals surface area contributed by atoms with E-state index >= 15 is 0 Å². The number of nitrogens with zero attached hydrogens (tertiary/aromatic N) is 3. The Morgan fingerprint density at radius 1 is 0.412 bits per heavy atom. The first kappa shape index (κ1) is 28.0. The van der Waals surface area contributed by atoms with E-state index < -0.39 is 0 Å². The Hall–Kier alpha value is -6.91. The van der Waals surface area contributed by atoms with Crippen molar-refractivity contribution in [1.82, 2.24) is 15.0 Å². The number of rotatable bonds is 3. The van der Waals surface area contributed by atoms with E-state index in [2.05, 4.69) is 138 Å². The second-order valence-corrected chi connectivity index (χ2v) is 13.2. The van der Waals surface area contributed by atoms with E-state index in [1.54, 1.807) is 6.20 Å². The number of pyridine rings is 3. The maximum absolute atomic E-state index is 6.66. The van der Waals surface area contributed by atoms with Gasteiger partial charge in [0.05, 0.1) is 22.3 Å². The molecule has 4 heterocycles. The van der Waals surface area contributed by atoms with E-state index in [1.807, 2.05) is 24.4 Å². The summed E-state index contributed by atoms with van der Waals surface area (Å²) in [7, 11) is 0. The van der Waals surface area contributed by atoms with Crippen LogP contribution in [0, 0.1) is 0 Å². The highest BCUT2D eigenvalue weighted by atomic mass is 16.3. The normalized spacial score (nSPS) is 11.9. The van der Waals surface area contributed by atoms with E-state index in [0.717, 1.165) is 77.4 Å². The van der Waals surface area contributed by atoms with E-state index in [0.29, 0.717) is 0 Å². The SMILES string of the molecule is c1cncc(-c2ccc(-c3nc4ccc(-c5ccc6c7ccccc7c7ccccc7c6c5)nc4c4c3ccc3c5ccccc5oc34)cc2)c1. The lowest BCUT2D eigenvalue weighted by atomic mass is 9.93. The van der Waals surface area contributed by atoms with Gasteiger partial charge in [-0.05, 0) is 79.8 Å². The molecule has 0 saturated carbocycles. The molecule has 4 heteroatoms. The number of benzene rings is 7. The zero-order chi connectivity index (χ0) is 33.5. The summed E-state index contributed by atoms with van der Waals surface area (Å²) in [5.74, 6) is 0. The first-order valence-electron chi connectivity index (χ1n) is 17.2. The molecule has 0 aliphatic rings. The van der Waals surface area contributed by atoms with Gasteiger partial charge < -0.3 is 4.42 Å². The summed E-state index contributed by atoms with van der Waals surface area (Å²) in [5.41, 5.74) is 9.41. The molecule has 0 unspecified atom stereocenters. The second kappa shape index (κ2) is 10.8. The number of hydrogen-bond donors (Lipinski definition) is 0. The second-order valence-electron chi connectivity index (χ2n) is 13.2. The Balaban J connectivity index is 1.17. The summed E-state index contributed by atoms with van der Waals surface area (Å²) in [4.78, 5) is 15.0. The van der Waals surface area contributed by atoms with Crippen LogP contribution in [-0.2, 0) is 0 Å². The van der Waals surface area contributed by atoms with Crippen LogP contribution in [-0.4, -0.2) is 15.0 Å². The smallest absolute Gasteiger partial charge is 0.145 e. The molecule has 0 fully saturated rings. The molecule has 0 amide bonds. The first-order valence-corrected chi connectivity index (χ1v) is 17.2. The average molecular weight is 650 g/mol. The third kappa shape index (κ3) is 4.23. The van der Waals surface area contributed by atoms with Gasteiger partial charge in [0.25, 0.3) is 0 Å². The van der Waals surface area contributed by atoms with Crippen molar-refractivity contribution in [3.05, 3.63) is 164 Å². The van der Waals surface area contributed by atoms with Crippen molar-refractivity contribution >= 4 is 76.1 Å². The van der Waals surface area contributed by atoms with Crippen LogP contribution in [0.3, 0.4) is 0 Å². The molecule has 0 aliphatic heterocycles. The van der Waals surface area contributed by atoms with E-state index in [9.17, 15) is 0 Å². The summed E-state index contributed by atoms with van der Waals surface area (Å²) in [6.45, 7) is 0. The molecule has 0 spiro atoms. The van der Waals surface area contributed by atoms with Gasteiger partial charge in [0, 0.05) is 39.7 Å². The van der Waals surface area contributed by atoms with Gasteiger partial charge in [-0.25, -0.2) is 9.97 Å². The largest absolute Gasteiger partial charge is 0.455 e. The van der Waals surface area contributed by atoms with Gasteiger partial charge in [-0.1, -0.05) is 115 Å². The van der Waals surface area contributed by atoms with Gasteiger partial charge in [0.2, 0.25) is 0 Å². The maximum Gasteiger partial charge on any atom is 0.145 e. The Bertz CT molecular complexity index is 3150. The van der Waals surface area contributed by atoms with Gasteiger partial charge in [-0.3, -0.25) is 4.98 Å². The minimum absolute atomic E-state index is 0.822. The number of para-hydroxylation sites is 1. The molecule has 0 atom stereocenters. The van der Waals surface area contributed by atoms with Crippen molar-refractivity contribution < 1.29 is 4.42 Å². The zero-order valence-electron chi connectivity index (χ0n) is 27.3. The molecule has 4 aromatic heterocycles. The molecule has 51 heavy (non-hydrogen) atoms. The van der Waals surface area contributed by atoms with Crippen LogP contribution in [0.25, 0.3) is 110 Å². The Morgan fingerprint density at radius 3 is 1.78 bits per heavy atom. The van der Waals surface area contributed by atoms with Crippen LogP contribution in [0.1, 0.15) is 0 Å². The van der Waals surface area contributed by atoms with Crippen molar-refractivity contribution in [3.63, 3.8) is 0 Å². The summed E-state index contributed by atoms with van der Waals surface area (Å²) < 4.78 is 6.66. The molecular formula is C47H27N3O. The van der Waals surface area contributed by atoms with Gasteiger partial charge in [-0.15, -0.1) is 0 Å². The van der Waals surface area contributed by atoms with Gasteiger partial charge in [-0.2, -0.15) is 0 Å². The van der Waals surface area contributed by atoms with E-state index in [1.165, 1.54) is 32.3 Å². The predicted octanol–water partition coefficient (Wildman–Crippen LogP) is 12.5. The highest BCUT2D eigenvalue weighted by Gasteiger charge is 2.19. The van der Waals surface area contributed by atoms with Crippen LogP contribution in [0.2, 0.25) is 0 Å². The van der Waals surface area contributed by atoms with Crippen molar-refractivity contribution in [2.45, 2.75) is 0 Å².